The molecule has 0 saturated carbocycles. The molecule has 2 heterocycles. The van der Waals surface area contributed by atoms with Crippen LogP contribution in [0.2, 0.25) is 0 Å². The maximum absolute atomic E-state index is 11.9. The lowest BCUT2D eigenvalue weighted by molar-refractivity contribution is -0.111. The molecule has 1 aliphatic rings. The van der Waals surface area contributed by atoms with Gasteiger partial charge >= 0.3 is 0 Å². The largest absolute Gasteiger partial charge is 0.493 e. The number of hydrogen-bond acceptors (Lipinski definition) is 5. The summed E-state index contributed by atoms with van der Waals surface area (Å²) in [6, 6.07) is 3.93. The summed E-state index contributed by atoms with van der Waals surface area (Å²) < 4.78 is 11.5. The van der Waals surface area contributed by atoms with E-state index in [2.05, 4.69) is 10.3 Å². The van der Waals surface area contributed by atoms with Crippen LogP contribution in [0.5, 0.6) is 11.5 Å². The second kappa shape index (κ2) is 6.83. The zero-order valence-electron chi connectivity index (χ0n) is 13.0. The lowest BCUT2D eigenvalue weighted by atomic mass is 10.1. The highest BCUT2D eigenvalue weighted by Gasteiger charge is 2.21. The summed E-state index contributed by atoms with van der Waals surface area (Å²) in [6.45, 7) is 4.55. The molecule has 1 aromatic heterocycles. The quantitative estimate of drug-likeness (QED) is 0.852. The zero-order chi connectivity index (χ0) is 16.2. The van der Waals surface area contributed by atoms with E-state index in [9.17, 15) is 4.79 Å². The lowest BCUT2D eigenvalue weighted by Crippen LogP contribution is -2.07. The Labute approximate surface area is 139 Å². The minimum atomic E-state index is -0.225. The van der Waals surface area contributed by atoms with E-state index in [1.807, 2.05) is 31.4 Å². The van der Waals surface area contributed by atoms with Gasteiger partial charge in [-0.05, 0) is 32.1 Å². The van der Waals surface area contributed by atoms with Gasteiger partial charge in [0.1, 0.15) is 17.6 Å². The van der Waals surface area contributed by atoms with Crippen LogP contribution in [0.3, 0.4) is 0 Å². The van der Waals surface area contributed by atoms with Crippen molar-refractivity contribution in [3.05, 3.63) is 40.9 Å². The molecule has 120 valence electrons. The molecule has 5 nitrogen and oxygen atoms in total. The molecule has 0 spiro atoms. The predicted molar refractivity (Wildman–Crippen MR) is 91.2 cm³/mol. The summed E-state index contributed by atoms with van der Waals surface area (Å²) in [7, 11) is 0. The van der Waals surface area contributed by atoms with Gasteiger partial charge in [-0.3, -0.25) is 10.1 Å². The van der Waals surface area contributed by atoms with Crippen LogP contribution in [0, 0.1) is 0 Å². The number of rotatable bonds is 5. The third-order valence-electron chi connectivity index (χ3n) is 3.41. The van der Waals surface area contributed by atoms with Crippen molar-refractivity contribution in [2.45, 2.75) is 26.4 Å². The number of ether oxygens (including phenoxy) is 2. The highest BCUT2D eigenvalue weighted by atomic mass is 32.1. The van der Waals surface area contributed by atoms with E-state index in [1.54, 1.807) is 12.3 Å². The van der Waals surface area contributed by atoms with E-state index in [-0.39, 0.29) is 12.0 Å². The van der Waals surface area contributed by atoms with Crippen LogP contribution < -0.4 is 14.8 Å². The molecule has 1 amide bonds. The molecule has 6 heteroatoms. The standard InChI is InChI=1S/C17H18N2O3S/c1-3-21-14-10-13-8-11(2)22-15(13)9-12(14)4-5-16(20)19-17-18-6-7-23-17/h4-7,9-11H,3,8H2,1-2H3,(H,18,19,20). The van der Waals surface area contributed by atoms with Crippen LogP contribution in [0.1, 0.15) is 25.0 Å². The van der Waals surface area contributed by atoms with Crippen molar-refractivity contribution >= 4 is 28.5 Å². The Bertz CT molecular complexity index is 726. The number of thiazole rings is 1. The number of anilines is 1. The van der Waals surface area contributed by atoms with E-state index < -0.39 is 0 Å². The molecule has 0 saturated heterocycles. The van der Waals surface area contributed by atoms with Crippen LogP contribution in [0.25, 0.3) is 6.08 Å². The van der Waals surface area contributed by atoms with Crippen LogP contribution in [0.15, 0.2) is 29.8 Å². The predicted octanol–water partition coefficient (Wildman–Crippen LogP) is 3.52. The SMILES string of the molecule is CCOc1cc2c(cc1C=CC(=O)Nc1nccs1)OC(C)C2. The average Bonchev–Trinajstić information content (AvgIpc) is 3.13. The van der Waals surface area contributed by atoms with Gasteiger partial charge in [0.25, 0.3) is 0 Å². The summed E-state index contributed by atoms with van der Waals surface area (Å²) in [5, 5.41) is 5.10. The Kier molecular flexibility index (Phi) is 4.62. The minimum Gasteiger partial charge on any atom is -0.493 e. The van der Waals surface area contributed by atoms with Crippen molar-refractivity contribution in [3.8, 4) is 11.5 Å². The normalized spacial score (nSPS) is 16.2. The Morgan fingerprint density at radius 2 is 2.43 bits per heavy atom. The molecule has 0 aliphatic carbocycles. The smallest absolute Gasteiger partial charge is 0.250 e. The second-order valence-electron chi connectivity index (χ2n) is 5.22. The Balaban J connectivity index is 1.79. The number of carbonyl (C=O) groups is 1. The molecule has 0 fully saturated rings. The Morgan fingerprint density at radius 1 is 1.57 bits per heavy atom. The number of amides is 1. The summed E-state index contributed by atoms with van der Waals surface area (Å²) in [6.07, 6.45) is 5.91. The maximum atomic E-state index is 11.9. The lowest BCUT2D eigenvalue weighted by Gasteiger charge is -2.10. The summed E-state index contributed by atoms with van der Waals surface area (Å²) in [4.78, 5) is 16.0. The van der Waals surface area contributed by atoms with Crippen molar-refractivity contribution in [1.29, 1.82) is 0 Å². The molecule has 23 heavy (non-hydrogen) atoms. The molecule has 0 radical (unpaired) electrons. The number of benzene rings is 1. The third-order valence-corrected chi connectivity index (χ3v) is 4.09. The number of carbonyl (C=O) groups excluding carboxylic acids is 1. The molecule has 1 aromatic carbocycles. The van der Waals surface area contributed by atoms with Gasteiger partial charge in [0, 0.05) is 35.2 Å². The first-order valence-corrected chi connectivity index (χ1v) is 8.38. The van der Waals surface area contributed by atoms with Crippen LogP contribution in [-0.4, -0.2) is 23.6 Å². The van der Waals surface area contributed by atoms with Gasteiger partial charge < -0.3 is 9.47 Å². The molecule has 0 bridgehead atoms. The van der Waals surface area contributed by atoms with Crippen molar-refractivity contribution < 1.29 is 14.3 Å². The van der Waals surface area contributed by atoms with E-state index in [0.29, 0.717) is 11.7 Å². The summed E-state index contributed by atoms with van der Waals surface area (Å²) in [5.74, 6) is 1.40. The fraction of sp³-hybridized carbons (Fsp3) is 0.294. The van der Waals surface area contributed by atoms with Crippen LogP contribution in [0.4, 0.5) is 5.13 Å². The van der Waals surface area contributed by atoms with Gasteiger partial charge in [0.15, 0.2) is 5.13 Å². The molecule has 2 aromatic rings. The van der Waals surface area contributed by atoms with Gasteiger partial charge in [-0.2, -0.15) is 0 Å². The van der Waals surface area contributed by atoms with E-state index in [4.69, 9.17) is 9.47 Å². The third kappa shape index (κ3) is 3.71. The van der Waals surface area contributed by atoms with Gasteiger partial charge in [-0.15, -0.1) is 11.3 Å². The molecular weight excluding hydrogens is 312 g/mol. The average molecular weight is 330 g/mol. The number of nitrogens with zero attached hydrogens (tertiary/aromatic N) is 1. The topological polar surface area (TPSA) is 60.5 Å². The fourth-order valence-corrected chi connectivity index (χ4v) is 3.00. The molecule has 1 aliphatic heterocycles. The molecular formula is C17H18N2O3S. The van der Waals surface area contributed by atoms with E-state index >= 15 is 0 Å². The van der Waals surface area contributed by atoms with Gasteiger partial charge in [-0.1, -0.05) is 0 Å². The van der Waals surface area contributed by atoms with Gasteiger partial charge in [0.2, 0.25) is 5.91 Å². The van der Waals surface area contributed by atoms with Crippen LogP contribution >= 0.6 is 11.3 Å². The molecule has 1 N–H and O–H groups in total. The molecule has 1 atom stereocenters. The van der Waals surface area contributed by atoms with E-state index in [0.717, 1.165) is 29.0 Å². The van der Waals surface area contributed by atoms with Gasteiger partial charge in [-0.25, -0.2) is 4.98 Å². The summed E-state index contributed by atoms with van der Waals surface area (Å²) >= 11 is 1.38. The van der Waals surface area contributed by atoms with Crippen molar-refractivity contribution in [2.24, 2.45) is 0 Å². The maximum Gasteiger partial charge on any atom is 0.250 e. The zero-order valence-corrected chi connectivity index (χ0v) is 13.9. The highest BCUT2D eigenvalue weighted by molar-refractivity contribution is 7.13. The highest BCUT2D eigenvalue weighted by Crippen LogP contribution is 2.35. The number of nitrogens with one attached hydrogen (secondary N) is 1. The first-order chi connectivity index (χ1) is 11.2. The first-order valence-electron chi connectivity index (χ1n) is 7.50. The Morgan fingerprint density at radius 3 is 3.17 bits per heavy atom. The van der Waals surface area contributed by atoms with Gasteiger partial charge in [0.05, 0.1) is 6.61 Å². The van der Waals surface area contributed by atoms with E-state index in [1.165, 1.54) is 17.4 Å². The molecule has 1 unspecified atom stereocenters. The first kappa shape index (κ1) is 15.6. The Hall–Kier alpha value is -2.34. The van der Waals surface area contributed by atoms with Crippen molar-refractivity contribution in [2.75, 3.05) is 11.9 Å². The minimum absolute atomic E-state index is 0.173. The summed E-state index contributed by atoms with van der Waals surface area (Å²) in [5.41, 5.74) is 1.97. The monoisotopic (exact) mass is 330 g/mol. The van der Waals surface area contributed by atoms with Crippen molar-refractivity contribution in [3.63, 3.8) is 0 Å². The molecule has 3 rings (SSSR count). The number of aromatic nitrogens is 1. The van der Waals surface area contributed by atoms with Crippen molar-refractivity contribution in [1.82, 2.24) is 4.98 Å². The number of fused-ring (bicyclic) bond motifs is 1. The number of hydrogen-bond donors (Lipinski definition) is 1. The second-order valence-corrected chi connectivity index (χ2v) is 6.12. The fourth-order valence-electron chi connectivity index (χ4n) is 2.46. The van der Waals surface area contributed by atoms with Crippen LogP contribution in [-0.2, 0) is 11.2 Å².